The molecule has 0 unspecified atom stereocenters. The second kappa shape index (κ2) is 5.61. The number of halogens is 1. The molecule has 1 saturated carbocycles. The molecule has 1 aliphatic rings. The molecule has 1 heterocycles. The predicted octanol–water partition coefficient (Wildman–Crippen LogP) is 3.43. The Morgan fingerprint density at radius 3 is 2.90 bits per heavy atom. The Balaban J connectivity index is 1.64. The quantitative estimate of drug-likeness (QED) is 0.907. The zero-order valence-corrected chi connectivity index (χ0v) is 11.9. The largest absolute Gasteiger partial charge is 0.446 e. The number of hydrogen-bond acceptors (Lipinski definition) is 4. The smallest absolute Gasteiger partial charge is 0.404 e. The lowest BCUT2D eigenvalue weighted by atomic mass is 10.2. The molecule has 0 radical (unpaired) electrons. The molecule has 2 atom stereocenters. The van der Waals surface area contributed by atoms with E-state index in [0.717, 1.165) is 23.5 Å². The van der Waals surface area contributed by atoms with Crippen molar-refractivity contribution < 1.29 is 9.53 Å². The van der Waals surface area contributed by atoms with Gasteiger partial charge in [0.15, 0.2) is 0 Å². The van der Waals surface area contributed by atoms with E-state index >= 15 is 0 Å². The maximum absolute atomic E-state index is 10.7. The topological polar surface area (TPSA) is 77.2 Å². The summed E-state index contributed by atoms with van der Waals surface area (Å²) < 4.78 is 4.95. The highest BCUT2D eigenvalue weighted by Gasteiger charge is 2.41. The van der Waals surface area contributed by atoms with Crippen molar-refractivity contribution in [2.45, 2.75) is 18.4 Å². The molecule has 3 rings (SSSR count). The van der Waals surface area contributed by atoms with E-state index in [1.165, 1.54) is 0 Å². The van der Waals surface area contributed by atoms with Crippen LogP contribution in [-0.4, -0.2) is 17.2 Å². The summed E-state index contributed by atoms with van der Waals surface area (Å²) in [6.45, 7) is 0. The van der Waals surface area contributed by atoms with Crippen molar-refractivity contribution in [1.82, 2.24) is 4.98 Å². The van der Waals surface area contributed by atoms with Crippen molar-refractivity contribution in [3.05, 3.63) is 53.2 Å². The van der Waals surface area contributed by atoms with Crippen LogP contribution in [0.4, 0.5) is 16.3 Å². The Hall–Kier alpha value is -2.27. The fraction of sp³-hybridized carbons (Fsp3) is 0.200. The fourth-order valence-electron chi connectivity index (χ4n) is 2.21. The molecule has 1 fully saturated rings. The number of amides is 1. The minimum absolute atomic E-state index is 0.115. The number of aromatic nitrogens is 1. The third-order valence-corrected chi connectivity index (χ3v) is 3.55. The highest BCUT2D eigenvalue weighted by molar-refractivity contribution is 6.30. The molecule has 0 aliphatic heterocycles. The van der Waals surface area contributed by atoms with Gasteiger partial charge >= 0.3 is 6.09 Å². The lowest BCUT2D eigenvalue weighted by Crippen LogP contribution is -2.14. The second-order valence-electron chi connectivity index (χ2n) is 4.93. The number of nitrogens with zero attached hydrogens (tertiary/aromatic N) is 1. The van der Waals surface area contributed by atoms with Crippen LogP contribution >= 0.6 is 11.6 Å². The first-order valence-corrected chi connectivity index (χ1v) is 6.94. The fourth-order valence-corrected chi connectivity index (χ4v) is 2.40. The molecule has 6 heteroatoms. The molecule has 0 saturated heterocycles. The Labute approximate surface area is 127 Å². The van der Waals surface area contributed by atoms with Gasteiger partial charge in [-0.3, -0.25) is 0 Å². The van der Waals surface area contributed by atoms with Crippen LogP contribution in [0, 0.1) is 0 Å². The van der Waals surface area contributed by atoms with E-state index < -0.39 is 6.09 Å². The molecule has 1 amide bonds. The molecule has 21 heavy (non-hydrogen) atoms. The number of rotatable bonds is 4. The molecule has 0 spiro atoms. The summed E-state index contributed by atoms with van der Waals surface area (Å²) in [5.41, 5.74) is 6.92. The number of nitrogens with two attached hydrogens (primary N) is 1. The van der Waals surface area contributed by atoms with Gasteiger partial charge in [-0.2, -0.15) is 0 Å². The van der Waals surface area contributed by atoms with Crippen molar-refractivity contribution in [2.75, 3.05) is 5.32 Å². The zero-order valence-electron chi connectivity index (χ0n) is 11.1. The highest BCUT2D eigenvalue weighted by atomic mass is 35.5. The third kappa shape index (κ3) is 3.44. The molecular formula is C15H14ClN3O2. The Kier molecular flexibility index (Phi) is 3.66. The van der Waals surface area contributed by atoms with E-state index in [-0.39, 0.29) is 12.0 Å². The van der Waals surface area contributed by atoms with Crippen LogP contribution < -0.4 is 11.1 Å². The van der Waals surface area contributed by atoms with Gasteiger partial charge in [0.2, 0.25) is 0 Å². The van der Waals surface area contributed by atoms with E-state index in [9.17, 15) is 4.79 Å². The second-order valence-corrected chi connectivity index (χ2v) is 5.37. The van der Waals surface area contributed by atoms with Crippen molar-refractivity contribution in [2.24, 2.45) is 5.73 Å². The summed E-state index contributed by atoms with van der Waals surface area (Å²) in [6.07, 6.45) is 1.74. The van der Waals surface area contributed by atoms with Gasteiger partial charge in [0.05, 0.1) is 0 Å². The van der Waals surface area contributed by atoms with E-state index in [2.05, 4.69) is 10.3 Å². The van der Waals surface area contributed by atoms with Crippen molar-refractivity contribution in [3.8, 4) is 0 Å². The molecule has 3 N–H and O–H groups in total. The molecule has 2 aromatic rings. The molecule has 0 bridgehead atoms. The number of pyridine rings is 1. The van der Waals surface area contributed by atoms with Gasteiger partial charge in [-0.1, -0.05) is 23.7 Å². The monoisotopic (exact) mass is 303 g/mol. The zero-order chi connectivity index (χ0) is 14.8. The molecule has 1 aromatic heterocycles. The third-order valence-electron chi connectivity index (χ3n) is 3.31. The van der Waals surface area contributed by atoms with Crippen molar-refractivity contribution in [3.63, 3.8) is 0 Å². The Morgan fingerprint density at radius 2 is 2.24 bits per heavy atom. The maximum atomic E-state index is 10.7. The number of benzene rings is 1. The average molecular weight is 304 g/mol. The van der Waals surface area contributed by atoms with Crippen LogP contribution in [-0.2, 0) is 4.74 Å². The highest BCUT2D eigenvalue weighted by Crippen LogP contribution is 2.43. The van der Waals surface area contributed by atoms with Gasteiger partial charge < -0.3 is 15.8 Å². The van der Waals surface area contributed by atoms with Gasteiger partial charge in [0.1, 0.15) is 11.9 Å². The van der Waals surface area contributed by atoms with E-state index in [1.54, 1.807) is 6.20 Å². The first-order chi connectivity index (χ1) is 10.1. The van der Waals surface area contributed by atoms with E-state index in [0.29, 0.717) is 5.02 Å². The minimum atomic E-state index is -0.727. The molecule has 1 aromatic carbocycles. The molecule has 1 aliphatic carbocycles. The number of hydrogen-bond donors (Lipinski definition) is 2. The van der Waals surface area contributed by atoms with Gasteiger partial charge in [-0.15, -0.1) is 0 Å². The first kappa shape index (κ1) is 13.7. The van der Waals surface area contributed by atoms with Crippen molar-refractivity contribution in [1.29, 1.82) is 0 Å². The first-order valence-electron chi connectivity index (χ1n) is 6.56. The summed E-state index contributed by atoms with van der Waals surface area (Å²) in [4.78, 5) is 15.0. The SMILES string of the molecule is NC(=O)O[C@@H]1C[C@H]1c1ccc(Nc2cccc(Cl)c2)nc1. The summed E-state index contributed by atoms with van der Waals surface area (Å²) in [5, 5.41) is 3.84. The standard InChI is InChI=1S/C15H14ClN3O2/c16-10-2-1-3-11(6-10)19-14-5-4-9(8-18-14)12-7-13(12)21-15(17)20/h1-6,8,12-13H,7H2,(H2,17,20)(H,18,19)/t12-,13+/m0/s1. The van der Waals surface area contributed by atoms with Crippen LogP contribution in [0.15, 0.2) is 42.6 Å². The summed E-state index contributed by atoms with van der Waals surface area (Å²) in [5.74, 6) is 0.930. The van der Waals surface area contributed by atoms with Gasteiger partial charge in [0, 0.05) is 22.8 Å². The molecule has 108 valence electrons. The Morgan fingerprint density at radius 1 is 1.38 bits per heavy atom. The average Bonchev–Trinajstić information content (AvgIpc) is 3.18. The van der Waals surface area contributed by atoms with Gasteiger partial charge in [0.25, 0.3) is 0 Å². The molecular weight excluding hydrogens is 290 g/mol. The summed E-state index contributed by atoms with van der Waals surface area (Å²) in [7, 11) is 0. The number of carbonyl (C=O) groups is 1. The number of ether oxygens (including phenoxy) is 1. The van der Waals surface area contributed by atoms with Crippen LogP contribution in [0.3, 0.4) is 0 Å². The number of carbonyl (C=O) groups excluding carboxylic acids is 1. The van der Waals surface area contributed by atoms with Crippen LogP contribution in [0.1, 0.15) is 17.9 Å². The van der Waals surface area contributed by atoms with E-state index in [4.69, 9.17) is 22.1 Å². The molecule has 5 nitrogen and oxygen atoms in total. The van der Waals surface area contributed by atoms with E-state index in [1.807, 2.05) is 36.4 Å². The lowest BCUT2D eigenvalue weighted by Gasteiger charge is -2.07. The van der Waals surface area contributed by atoms with Crippen molar-refractivity contribution >= 4 is 29.2 Å². The number of primary amides is 1. The number of nitrogens with one attached hydrogen (secondary N) is 1. The Bertz CT molecular complexity index is 660. The minimum Gasteiger partial charge on any atom is -0.446 e. The van der Waals surface area contributed by atoms with Crippen LogP contribution in [0.2, 0.25) is 5.02 Å². The van der Waals surface area contributed by atoms with Gasteiger partial charge in [-0.05, 0) is 36.2 Å². The predicted molar refractivity (Wildman–Crippen MR) is 80.8 cm³/mol. The van der Waals surface area contributed by atoms with Crippen LogP contribution in [0.25, 0.3) is 0 Å². The number of anilines is 2. The maximum Gasteiger partial charge on any atom is 0.404 e. The van der Waals surface area contributed by atoms with Crippen LogP contribution in [0.5, 0.6) is 0 Å². The normalized spacial score (nSPS) is 19.9. The van der Waals surface area contributed by atoms with Gasteiger partial charge in [-0.25, -0.2) is 9.78 Å². The summed E-state index contributed by atoms with van der Waals surface area (Å²) in [6, 6.07) is 11.3. The lowest BCUT2D eigenvalue weighted by molar-refractivity contribution is 0.147. The summed E-state index contributed by atoms with van der Waals surface area (Å²) >= 11 is 5.93.